The average molecular weight is 461 g/mol. The fraction of sp³-hybridized carbons (Fsp3) is 0.154. The SMILES string of the molecule is O=C(O)CCCCc1nc2cc(C(=O)Nc3ccc(F)cc3)ccc2nc1-c1cccc(F)c1. The van der Waals surface area contributed by atoms with E-state index in [0.717, 1.165) is 0 Å². The zero-order chi connectivity index (χ0) is 24.1. The molecule has 4 aromatic rings. The van der Waals surface area contributed by atoms with Crippen LogP contribution in [0.25, 0.3) is 22.3 Å². The number of aliphatic carboxylic acids is 1. The molecule has 4 rings (SSSR count). The van der Waals surface area contributed by atoms with Gasteiger partial charge in [-0.15, -0.1) is 0 Å². The van der Waals surface area contributed by atoms with E-state index < -0.39 is 17.6 Å². The van der Waals surface area contributed by atoms with Crippen molar-refractivity contribution in [2.24, 2.45) is 0 Å². The summed E-state index contributed by atoms with van der Waals surface area (Å²) in [5.41, 5.74) is 3.51. The van der Waals surface area contributed by atoms with Crippen LogP contribution in [0.5, 0.6) is 0 Å². The quantitative estimate of drug-likeness (QED) is 0.332. The number of nitrogens with zero attached hydrogens (tertiary/aromatic N) is 2. The lowest BCUT2D eigenvalue weighted by molar-refractivity contribution is -0.137. The maximum absolute atomic E-state index is 13.9. The van der Waals surface area contributed by atoms with Crippen LogP contribution in [0.4, 0.5) is 14.5 Å². The number of hydrogen-bond donors (Lipinski definition) is 2. The molecule has 0 aliphatic carbocycles. The van der Waals surface area contributed by atoms with Crippen molar-refractivity contribution in [2.45, 2.75) is 25.7 Å². The molecule has 1 heterocycles. The molecule has 0 saturated heterocycles. The van der Waals surface area contributed by atoms with Gasteiger partial charge in [-0.05, 0) is 73.9 Å². The molecule has 1 aromatic heterocycles. The summed E-state index contributed by atoms with van der Waals surface area (Å²) in [6, 6.07) is 16.4. The fourth-order valence-electron chi connectivity index (χ4n) is 3.58. The highest BCUT2D eigenvalue weighted by Gasteiger charge is 2.14. The van der Waals surface area contributed by atoms with Gasteiger partial charge >= 0.3 is 5.97 Å². The van der Waals surface area contributed by atoms with Gasteiger partial charge in [0.05, 0.1) is 22.4 Å². The van der Waals surface area contributed by atoms with E-state index in [4.69, 9.17) is 10.1 Å². The molecule has 3 aromatic carbocycles. The number of carbonyl (C=O) groups is 2. The Morgan fingerprint density at radius 1 is 0.853 bits per heavy atom. The van der Waals surface area contributed by atoms with Crippen molar-refractivity contribution < 1.29 is 23.5 Å². The first-order chi connectivity index (χ1) is 16.4. The average Bonchev–Trinajstić information content (AvgIpc) is 2.82. The molecule has 6 nitrogen and oxygen atoms in total. The Morgan fingerprint density at radius 3 is 2.38 bits per heavy atom. The summed E-state index contributed by atoms with van der Waals surface area (Å²) < 4.78 is 27.0. The second-order valence-corrected chi connectivity index (χ2v) is 7.79. The van der Waals surface area contributed by atoms with Crippen molar-refractivity contribution in [1.29, 1.82) is 0 Å². The minimum atomic E-state index is -0.869. The summed E-state index contributed by atoms with van der Waals surface area (Å²) in [5, 5.41) is 11.6. The number of carbonyl (C=O) groups excluding carboxylic acids is 1. The van der Waals surface area contributed by atoms with Gasteiger partial charge in [0.15, 0.2) is 0 Å². The molecule has 0 aliphatic rings. The maximum atomic E-state index is 13.9. The van der Waals surface area contributed by atoms with E-state index in [1.54, 1.807) is 30.3 Å². The van der Waals surface area contributed by atoms with E-state index in [2.05, 4.69) is 10.3 Å². The Labute approximate surface area is 194 Å². The third kappa shape index (κ3) is 5.58. The van der Waals surface area contributed by atoms with Gasteiger partial charge in [0.25, 0.3) is 5.91 Å². The highest BCUT2D eigenvalue weighted by Crippen LogP contribution is 2.26. The van der Waals surface area contributed by atoms with Crippen LogP contribution in [-0.4, -0.2) is 27.0 Å². The number of nitrogens with one attached hydrogen (secondary N) is 1. The zero-order valence-electron chi connectivity index (χ0n) is 18.1. The topological polar surface area (TPSA) is 92.2 Å². The first kappa shape index (κ1) is 23.0. The van der Waals surface area contributed by atoms with Gasteiger partial charge in [0, 0.05) is 23.2 Å². The van der Waals surface area contributed by atoms with Crippen molar-refractivity contribution in [3.63, 3.8) is 0 Å². The fourth-order valence-corrected chi connectivity index (χ4v) is 3.58. The molecule has 172 valence electrons. The molecule has 1 amide bonds. The summed E-state index contributed by atoms with van der Waals surface area (Å²) >= 11 is 0. The Hall–Kier alpha value is -4.20. The van der Waals surface area contributed by atoms with E-state index in [1.165, 1.54) is 36.4 Å². The Morgan fingerprint density at radius 2 is 1.65 bits per heavy atom. The Kier molecular flexibility index (Phi) is 6.87. The van der Waals surface area contributed by atoms with E-state index in [9.17, 15) is 18.4 Å². The first-order valence-electron chi connectivity index (χ1n) is 10.7. The molecule has 0 aliphatic heterocycles. The minimum Gasteiger partial charge on any atom is -0.481 e. The van der Waals surface area contributed by atoms with Gasteiger partial charge in [-0.25, -0.2) is 18.7 Å². The van der Waals surface area contributed by atoms with Crippen LogP contribution >= 0.6 is 0 Å². The number of benzene rings is 3. The van der Waals surface area contributed by atoms with Crippen molar-refractivity contribution in [3.8, 4) is 11.3 Å². The molecule has 0 atom stereocenters. The van der Waals surface area contributed by atoms with Crippen molar-refractivity contribution in [1.82, 2.24) is 9.97 Å². The van der Waals surface area contributed by atoms with Gasteiger partial charge in [0.2, 0.25) is 0 Å². The van der Waals surface area contributed by atoms with Gasteiger partial charge < -0.3 is 10.4 Å². The summed E-state index contributed by atoms with van der Waals surface area (Å²) in [6.07, 6.45) is 1.54. The van der Waals surface area contributed by atoms with Gasteiger partial charge in [-0.2, -0.15) is 0 Å². The van der Waals surface area contributed by atoms with E-state index in [1.807, 2.05) is 0 Å². The first-order valence-corrected chi connectivity index (χ1v) is 10.7. The molecule has 0 radical (unpaired) electrons. The Bertz CT molecular complexity index is 1360. The number of unbranched alkanes of at least 4 members (excludes halogenated alkanes) is 1. The summed E-state index contributed by atoms with van der Waals surface area (Å²) in [6.45, 7) is 0. The molecule has 0 fully saturated rings. The van der Waals surface area contributed by atoms with E-state index in [0.29, 0.717) is 58.5 Å². The number of anilines is 1. The second kappa shape index (κ2) is 10.2. The molecule has 0 spiro atoms. The summed E-state index contributed by atoms with van der Waals surface area (Å²) in [7, 11) is 0. The van der Waals surface area contributed by atoms with Crippen molar-refractivity contribution in [2.75, 3.05) is 5.32 Å². The number of carboxylic acids is 1. The monoisotopic (exact) mass is 461 g/mol. The van der Waals surface area contributed by atoms with Crippen LogP contribution in [0.3, 0.4) is 0 Å². The van der Waals surface area contributed by atoms with Crippen LogP contribution in [0, 0.1) is 11.6 Å². The molecule has 0 saturated carbocycles. The number of rotatable bonds is 8. The molecule has 0 bridgehead atoms. The summed E-state index contributed by atoms with van der Waals surface area (Å²) in [4.78, 5) is 32.9. The lowest BCUT2D eigenvalue weighted by atomic mass is 10.0. The number of halogens is 2. The van der Waals surface area contributed by atoms with Crippen LogP contribution in [-0.2, 0) is 11.2 Å². The predicted octanol–water partition coefficient (Wildman–Crippen LogP) is 5.62. The normalized spacial score (nSPS) is 10.9. The lowest BCUT2D eigenvalue weighted by Crippen LogP contribution is -2.12. The molecule has 0 unspecified atom stereocenters. The van der Waals surface area contributed by atoms with Gasteiger partial charge in [0.1, 0.15) is 11.6 Å². The van der Waals surface area contributed by atoms with Crippen LogP contribution in [0.1, 0.15) is 35.3 Å². The highest BCUT2D eigenvalue weighted by molar-refractivity contribution is 6.06. The molecule has 8 heteroatoms. The second-order valence-electron chi connectivity index (χ2n) is 7.79. The third-order valence-electron chi connectivity index (χ3n) is 5.25. The number of aromatic nitrogens is 2. The number of carboxylic acid groups (broad SMARTS) is 1. The smallest absolute Gasteiger partial charge is 0.303 e. The number of hydrogen-bond acceptors (Lipinski definition) is 4. The molecular formula is C26H21F2N3O3. The Balaban J connectivity index is 1.66. The van der Waals surface area contributed by atoms with Crippen LogP contribution < -0.4 is 5.32 Å². The number of fused-ring (bicyclic) bond motifs is 1. The van der Waals surface area contributed by atoms with Crippen LogP contribution in [0.2, 0.25) is 0 Å². The van der Waals surface area contributed by atoms with Gasteiger partial charge in [-0.3, -0.25) is 9.59 Å². The standard InChI is InChI=1S/C26H21F2N3O3/c27-18-9-11-20(12-10-18)29-26(34)17-8-13-21-23(15-17)30-22(6-1-2-7-24(32)33)25(31-21)16-4-3-5-19(28)14-16/h3-5,8-15H,1-2,6-7H2,(H,29,34)(H,32,33). The predicted molar refractivity (Wildman–Crippen MR) is 124 cm³/mol. The number of aryl methyl sites for hydroxylation is 1. The molecule has 2 N–H and O–H groups in total. The maximum Gasteiger partial charge on any atom is 0.303 e. The van der Waals surface area contributed by atoms with E-state index in [-0.39, 0.29) is 12.3 Å². The van der Waals surface area contributed by atoms with Crippen molar-refractivity contribution >= 4 is 28.6 Å². The largest absolute Gasteiger partial charge is 0.481 e. The molecule has 34 heavy (non-hydrogen) atoms. The van der Waals surface area contributed by atoms with Crippen molar-refractivity contribution in [3.05, 3.63) is 89.6 Å². The highest BCUT2D eigenvalue weighted by atomic mass is 19.1. The zero-order valence-corrected chi connectivity index (χ0v) is 18.1. The lowest BCUT2D eigenvalue weighted by Gasteiger charge is -2.11. The summed E-state index contributed by atoms with van der Waals surface area (Å²) in [5.74, 6) is -2.05. The van der Waals surface area contributed by atoms with Crippen LogP contribution in [0.15, 0.2) is 66.7 Å². The minimum absolute atomic E-state index is 0.0456. The van der Waals surface area contributed by atoms with Gasteiger partial charge in [-0.1, -0.05) is 12.1 Å². The number of amides is 1. The van der Waals surface area contributed by atoms with E-state index >= 15 is 0 Å². The third-order valence-corrected chi connectivity index (χ3v) is 5.25. The molecular weight excluding hydrogens is 440 g/mol.